The zero-order valence-electron chi connectivity index (χ0n) is 15.5. The summed E-state index contributed by atoms with van der Waals surface area (Å²) in [6.07, 6.45) is 3.84. The standard InChI is InChI=1S/C20H17ClN6O2/c1-13-10-16(6-7-17(13)27-12-23-25-26-27)24-19(28)8-9-20-22-11-18(29-20)14-2-4-15(21)5-3-14/h2-7,10-12H,8-9H2,1H3,(H,24,28). The molecule has 0 fully saturated rings. The number of aryl methyl sites for hydroxylation is 2. The fourth-order valence-electron chi connectivity index (χ4n) is 2.88. The molecule has 0 saturated carbocycles. The molecule has 29 heavy (non-hydrogen) atoms. The first-order chi connectivity index (χ1) is 14.1. The number of nitrogens with zero attached hydrogens (tertiary/aromatic N) is 5. The predicted molar refractivity (Wildman–Crippen MR) is 108 cm³/mol. The summed E-state index contributed by atoms with van der Waals surface area (Å²) in [6, 6.07) is 12.8. The highest BCUT2D eigenvalue weighted by molar-refractivity contribution is 6.30. The Morgan fingerprint density at radius 1 is 1.21 bits per heavy atom. The van der Waals surface area contributed by atoms with Crippen LogP contribution in [-0.2, 0) is 11.2 Å². The van der Waals surface area contributed by atoms with Gasteiger partial charge in [0.25, 0.3) is 0 Å². The molecule has 0 unspecified atom stereocenters. The van der Waals surface area contributed by atoms with E-state index in [0.717, 1.165) is 16.8 Å². The number of halogens is 1. The van der Waals surface area contributed by atoms with Gasteiger partial charge in [-0.15, -0.1) is 5.10 Å². The Hall–Kier alpha value is -3.52. The molecule has 146 valence electrons. The van der Waals surface area contributed by atoms with Gasteiger partial charge in [0.1, 0.15) is 6.33 Å². The SMILES string of the molecule is Cc1cc(NC(=O)CCc2ncc(-c3ccc(Cl)cc3)o2)ccc1-n1cnnn1. The van der Waals surface area contributed by atoms with Crippen LogP contribution >= 0.6 is 11.6 Å². The molecule has 0 aliphatic carbocycles. The second-order valence-electron chi connectivity index (χ2n) is 6.43. The molecule has 0 spiro atoms. The van der Waals surface area contributed by atoms with E-state index in [2.05, 4.69) is 25.8 Å². The van der Waals surface area contributed by atoms with Crippen LogP contribution in [0.15, 0.2) is 59.4 Å². The third kappa shape index (κ3) is 4.49. The fraction of sp³-hybridized carbons (Fsp3) is 0.150. The Morgan fingerprint density at radius 3 is 2.76 bits per heavy atom. The first-order valence-electron chi connectivity index (χ1n) is 8.93. The van der Waals surface area contributed by atoms with Gasteiger partial charge in [0.15, 0.2) is 11.7 Å². The number of carbonyl (C=O) groups is 1. The summed E-state index contributed by atoms with van der Waals surface area (Å²) in [5.41, 5.74) is 3.38. The number of amides is 1. The van der Waals surface area contributed by atoms with Crippen molar-refractivity contribution in [1.29, 1.82) is 0 Å². The highest BCUT2D eigenvalue weighted by atomic mass is 35.5. The monoisotopic (exact) mass is 408 g/mol. The number of anilines is 1. The van der Waals surface area contributed by atoms with E-state index in [-0.39, 0.29) is 12.3 Å². The quantitative estimate of drug-likeness (QED) is 0.520. The maximum absolute atomic E-state index is 12.3. The molecule has 2 aromatic carbocycles. The molecule has 2 heterocycles. The number of aromatic nitrogens is 5. The van der Waals surface area contributed by atoms with E-state index in [1.807, 2.05) is 37.3 Å². The van der Waals surface area contributed by atoms with Gasteiger partial charge >= 0.3 is 0 Å². The third-order valence-corrected chi connectivity index (χ3v) is 4.58. The molecule has 4 aromatic rings. The van der Waals surface area contributed by atoms with Crippen molar-refractivity contribution < 1.29 is 9.21 Å². The van der Waals surface area contributed by atoms with Crippen molar-refractivity contribution in [3.8, 4) is 17.0 Å². The molecule has 1 amide bonds. The van der Waals surface area contributed by atoms with E-state index in [1.165, 1.54) is 6.33 Å². The van der Waals surface area contributed by atoms with Gasteiger partial charge in [-0.25, -0.2) is 9.67 Å². The summed E-state index contributed by atoms with van der Waals surface area (Å²) in [5, 5.41) is 14.7. The Bertz CT molecular complexity index is 1120. The van der Waals surface area contributed by atoms with Crippen LogP contribution in [0.3, 0.4) is 0 Å². The number of rotatable bonds is 6. The van der Waals surface area contributed by atoms with E-state index < -0.39 is 0 Å². The largest absolute Gasteiger partial charge is 0.441 e. The molecule has 0 aliphatic heterocycles. The summed E-state index contributed by atoms with van der Waals surface area (Å²) in [6.45, 7) is 1.93. The maximum atomic E-state index is 12.3. The van der Waals surface area contributed by atoms with Crippen molar-refractivity contribution in [2.24, 2.45) is 0 Å². The summed E-state index contributed by atoms with van der Waals surface area (Å²) < 4.78 is 7.30. The summed E-state index contributed by atoms with van der Waals surface area (Å²) in [5.74, 6) is 1.03. The van der Waals surface area contributed by atoms with Crippen molar-refractivity contribution in [3.63, 3.8) is 0 Å². The van der Waals surface area contributed by atoms with Crippen LogP contribution in [0.4, 0.5) is 5.69 Å². The van der Waals surface area contributed by atoms with Crippen molar-refractivity contribution in [3.05, 3.63) is 71.5 Å². The molecule has 8 nitrogen and oxygen atoms in total. The number of tetrazole rings is 1. The molecule has 9 heteroatoms. The van der Waals surface area contributed by atoms with Gasteiger partial charge in [-0.1, -0.05) is 11.6 Å². The van der Waals surface area contributed by atoms with Gasteiger partial charge in [0.05, 0.1) is 11.9 Å². The Morgan fingerprint density at radius 2 is 2.03 bits per heavy atom. The number of hydrogen-bond donors (Lipinski definition) is 1. The van der Waals surface area contributed by atoms with Gasteiger partial charge in [-0.2, -0.15) is 0 Å². The summed E-state index contributed by atoms with van der Waals surface area (Å²) in [7, 11) is 0. The molecule has 4 rings (SSSR count). The molecule has 2 aromatic heterocycles. The molecule has 0 bridgehead atoms. The lowest BCUT2D eigenvalue weighted by Gasteiger charge is -2.09. The van der Waals surface area contributed by atoms with Crippen LogP contribution in [0.2, 0.25) is 5.02 Å². The average Bonchev–Trinajstić information content (AvgIpc) is 3.39. The first-order valence-corrected chi connectivity index (χ1v) is 9.31. The lowest BCUT2D eigenvalue weighted by atomic mass is 10.1. The van der Waals surface area contributed by atoms with Gasteiger partial charge in [0.2, 0.25) is 5.91 Å². The maximum Gasteiger partial charge on any atom is 0.224 e. The minimum atomic E-state index is -0.120. The Kier molecular flexibility index (Phi) is 5.35. The Labute approximate surface area is 171 Å². The minimum Gasteiger partial charge on any atom is -0.441 e. The van der Waals surface area contributed by atoms with E-state index in [1.54, 1.807) is 23.0 Å². The number of nitrogens with one attached hydrogen (secondary N) is 1. The number of oxazole rings is 1. The second-order valence-corrected chi connectivity index (χ2v) is 6.87. The van der Waals surface area contributed by atoms with Crippen molar-refractivity contribution in [2.45, 2.75) is 19.8 Å². The van der Waals surface area contributed by atoms with Crippen LogP contribution < -0.4 is 5.32 Å². The van der Waals surface area contributed by atoms with Crippen LogP contribution in [0, 0.1) is 6.92 Å². The smallest absolute Gasteiger partial charge is 0.224 e. The van der Waals surface area contributed by atoms with Crippen LogP contribution in [0.25, 0.3) is 17.0 Å². The highest BCUT2D eigenvalue weighted by Gasteiger charge is 2.10. The first kappa shape index (κ1) is 18.8. The predicted octanol–water partition coefficient (Wildman–Crippen LogP) is 3.85. The van der Waals surface area contributed by atoms with E-state index in [0.29, 0.717) is 28.8 Å². The fourth-order valence-corrected chi connectivity index (χ4v) is 3.01. The molecular weight excluding hydrogens is 392 g/mol. The highest BCUT2D eigenvalue weighted by Crippen LogP contribution is 2.23. The second kappa shape index (κ2) is 8.24. The molecule has 0 aliphatic rings. The normalized spacial score (nSPS) is 10.8. The molecular formula is C20H17ClN6O2. The van der Waals surface area contributed by atoms with E-state index in [4.69, 9.17) is 16.0 Å². The van der Waals surface area contributed by atoms with Crippen molar-refractivity contribution >= 4 is 23.2 Å². The molecule has 0 atom stereocenters. The van der Waals surface area contributed by atoms with Crippen molar-refractivity contribution in [2.75, 3.05) is 5.32 Å². The lowest BCUT2D eigenvalue weighted by molar-refractivity contribution is -0.116. The zero-order valence-corrected chi connectivity index (χ0v) is 16.3. The molecule has 1 N–H and O–H groups in total. The van der Waals surface area contributed by atoms with Gasteiger partial charge in [-0.05, 0) is 65.4 Å². The number of hydrogen-bond acceptors (Lipinski definition) is 6. The van der Waals surface area contributed by atoms with Gasteiger partial charge < -0.3 is 9.73 Å². The lowest BCUT2D eigenvalue weighted by Crippen LogP contribution is -2.12. The molecule has 0 radical (unpaired) electrons. The number of carbonyl (C=O) groups excluding carboxylic acids is 1. The molecule has 0 saturated heterocycles. The van der Waals surface area contributed by atoms with Crippen molar-refractivity contribution in [1.82, 2.24) is 25.2 Å². The average molecular weight is 409 g/mol. The summed E-state index contributed by atoms with van der Waals surface area (Å²) in [4.78, 5) is 16.5. The van der Waals surface area contributed by atoms with Gasteiger partial charge in [-0.3, -0.25) is 4.79 Å². The van der Waals surface area contributed by atoms with Crippen LogP contribution in [0.1, 0.15) is 17.9 Å². The van der Waals surface area contributed by atoms with Gasteiger partial charge in [0, 0.05) is 29.1 Å². The number of benzene rings is 2. The van der Waals surface area contributed by atoms with E-state index in [9.17, 15) is 4.79 Å². The van der Waals surface area contributed by atoms with E-state index >= 15 is 0 Å². The Balaban J connectivity index is 1.35. The minimum absolute atomic E-state index is 0.120. The zero-order chi connectivity index (χ0) is 20.2. The van der Waals surface area contributed by atoms with Crippen LogP contribution in [-0.4, -0.2) is 31.1 Å². The third-order valence-electron chi connectivity index (χ3n) is 4.32. The summed E-state index contributed by atoms with van der Waals surface area (Å²) >= 11 is 5.90. The topological polar surface area (TPSA) is 98.7 Å². The van der Waals surface area contributed by atoms with Crippen LogP contribution in [0.5, 0.6) is 0 Å².